The Morgan fingerprint density at radius 1 is 1.44 bits per heavy atom. The van der Waals surface area contributed by atoms with Crippen molar-refractivity contribution in [2.75, 3.05) is 20.3 Å². The van der Waals surface area contributed by atoms with Gasteiger partial charge >= 0.3 is 12.0 Å². The molecule has 2 amide bonds. The van der Waals surface area contributed by atoms with Gasteiger partial charge in [-0.25, -0.2) is 4.79 Å². The first-order valence-electron chi connectivity index (χ1n) is 6.14. The van der Waals surface area contributed by atoms with E-state index in [0.29, 0.717) is 0 Å². The maximum Gasteiger partial charge on any atom is 0.317 e. The van der Waals surface area contributed by atoms with Gasteiger partial charge in [0, 0.05) is 12.6 Å². The first-order valence-corrected chi connectivity index (χ1v) is 6.14. The van der Waals surface area contributed by atoms with Gasteiger partial charge in [0.25, 0.3) is 0 Å². The van der Waals surface area contributed by atoms with Crippen LogP contribution in [0, 0.1) is 5.92 Å². The Labute approximate surface area is 107 Å². The molecule has 1 aliphatic heterocycles. The van der Waals surface area contributed by atoms with Crippen LogP contribution in [0.1, 0.15) is 27.2 Å². The quantitative estimate of drug-likeness (QED) is 0.785. The molecule has 2 atom stereocenters. The molecule has 1 saturated heterocycles. The topological polar surface area (TPSA) is 78.9 Å². The van der Waals surface area contributed by atoms with E-state index in [9.17, 15) is 9.59 Å². The zero-order valence-electron chi connectivity index (χ0n) is 11.4. The van der Waals surface area contributed by atoms with Crippen LogP contribution in [-0.4, -0.2) is 53.8 Å². The number of urea groups is 1. The number of aliphatic carboxylic acids is 1. The number of carbonyl (C=O) groups excluding carboxylic acids is 1. The largest absolute Gasteiger partial charge is 0.481 e. The van der Waals surface area contributed by atoms with Crippen molar-refractivity contribution in [3.05, 3.63) is 0 Å². The maximum atomic E-state index is 12.0. The third-order valence-corrected chi connectivity index (χ3v) is 3.51. The second-order valence-electron chi connectivity index (χ2n) is 5.33. The number of carboxylic acids is 1. The number of carbonyl (C=O) groups is 2. The van der Waals surface area contributed by atoms with E-state index < -0.39 is 17.9 Å². The zero-order chi connectivity index (χ0) is 13.9. The lowest BCUT2D eigenvalue weighted by Gasteiger charge is -2.32. The van der Waals surface area contributed by atoms with Crippen molar-refractivity contribution in [1.82, 2.24) is 10.2 Å². The van der Waals surface area contributed by atoms with Crippen molar-refractivity contribution in [2.45, 2.75) is 38.8 Å². The molecule has 2 unspecified atom stereocenters. The van der Waals surface area contributed by atoms with Crippen LogP contribution in [0.25, 0.3) is 0 Å². The molecular formula is C12H22N2O4. The van der Waals surface area contributed by atoms with Crippen LogP contribution < -0.4 is 5.32 Å². The van der Waals surface area contributed by atoms with Gasteiger partial charge in [-0.1, -0.05) is 6.92 Å². The lowest BCUT2D eigenvalue weighted by molar-refractivity contribution is -0.142. The standard InChI is InChI=1S/C12H22N2O4/c1-5-12(2,3)13-11(17)14(4)9-7-18-6-8(9)10(15)16/h8-9H,5-7H2,1-4H3,(H,13,17)(H,15,16). The number of likely N-dealkylation sites (N-methyl/N-ethyl adjacent to an activating group) is 1. The molecule has 0 saturated carbocycles. The molecule has 2 N–H and O–H groups in total. The molecule has 0 spiro atoms. The summed E-state index contributed by atoms with van der Waals surface area (Å²) >= 11 is 0. The van der Waals surface area contributed by atoms with E-state index >= 15 is 0 Å². The Morgan fingerprint density at radius 3 is 2.56 bits per heavy atom. The summed E-state index contributed by atoms with van der Waals surface area (Å²) in [6, 6.07) is -0.668. The summed E-state index contributed by atoms with van der Waals surface area (Å²) in [7, 11) is 1.61. The van der Waals surface area contributed by atoms with Gasteiger partial charge in [0.05, 0.1) is 19.3 Å². The fraction of sp³-hybridized carbons (Fsp3) is 0.833. The van der Waals surface area contributed by atoms with Gasteiger partial charge in [-0.2, -0.15) is 0 Å². The normalized spacial score (nSPS) is 23.8. The number of rotatable bonds is 4. The number of hydrogen-bond acceptors (Lipinski definition) is 3. The number of nitrogens with zero attached hydrogens (tertiary/aromatic N) is 1. The lowest BCUT2D eigenvalue weighted by atomic mass is 10.0. The van der Waals surface area contributed by atoms with E-state index in [1.807, 2.05) is 20.8 Å². The van der Waals surface area contributed by atoms with Gasteiger partial charge in [-0.15, -0.1) is 0 Å². The molecule has 1 fully saturated rings. The molecule has 104 valence electrons. The van der Waals surface area contributed by atoms with E-state index in [1.165, 1.54) is 4.90 Å². The molecule has 0 aromatic heterocycles. The second kappa shape index (κ2) is 5.56. The van der Waals surface area contributed by atoms with E-state index in [-0.39, 0.29) is 24.8 Å². The molecule has 0 aromatic carbocycles. The van der Waals surface area contributed by atoms with Gasteiger partial charge in [-0.3, -0.25) is 4.79 Å². The summed E-state index contributed by atoms with van der Waals surface area (Å²) in [4.78, 5) is 24.5. The highest BCUT2D eigenvalue weighted by Crippen LogP contribution is 2.19. The fourth-order valence-electron chi connectivity index (χ4n) is 1.78. The van der Waals surface area contributed by atoms with E-state index in [4.69, 9.17) is 9.84 Å². The van der Waals surface area contributed by atoms with Crippen molar-refractivity contribution in [3.63, 3.8) is 0 Å². The van der Waals surface area contributed by atoms with Gasteiger partial charge in [0.15, 0.2) is 0 Å². The molecule has 18 heavy (non-hydrogen) atoms. The van der Waals surface area contributed by atoms with E-state index in [1.54, 1.807) is 7.05 Å². The summed E-state index contributed by atoms with van der Waals surface area (Å²) in [5, 5.41) is 11.9. The first-order chi connectivity index (χ1) is 8.28. The number of hydrogen-bond donors (Lipinski definition) is 2. The van der Waals surface area contributed by atoms with Gasteiger partial charge in [0.1, 0.15) is 5.92 Å². The number of amides is 2. The molecule has 1 aliphatic rings. The number of carboxylic acid groups (broad SMARTS) is 1. The predicted octanol–water partition coefficient (Wildman–Crippen LogP) is 0.916. The first kappa shape index (κ1) is 14.8. The third-order valence-electron chi connectivity index (χ3n) is 3.51. The third kappa shape index (κ3) is 3.35. The molecule has 6 nitrogen and oxygen atoms in total. The predicted molar refractivity (Wildman–Crippen MR) is 66.4 cm³/mol. The highest BCUT2D eigenvalue weighted by atomic mass is 16.5. The molecule has 0 aromatic rings. The molecule has 0 bridgehead atoms. The van der Waals surface area contributed by atoms with Crippen LogP contribution in [0.5, 0.6) is 0 Å². The maximum absolute atomic E-state index is 12.0. The van der Waals surface area contributed by atoms with Gasteiger partial charge < -0.3 is 20.1 Å². The minimum Gasteiger partial charge on any atom is -0.481 e. The Kier molecular flexibility index (Phi) is 4.56. The summed E-state index contributed by atoms with van der Waals surface area (Å²) in [6.45, 7) is 6.28. The molecule has 1 heterocycles. The van der Waals surface area contributed by atoms with Crippen LogP contribution in [0.3, 0.4) is 0 Å². The summed E-state index contributed by atoms with van der Waals surface area (Å²) in [6.07, 6.45) is 0.802. The SMILES string of the molecule is CCC(C)(C)NC(=O)N(C)C1COCC1C(=O)O. The molecule has 6 heteroatoms. The highest BCUT2D eigenvalue weighted by Gasteiger charge is 2.39. The van der Waals surface area contributed by atoms with Crippen LogP contribution in [0.15, 0.2) is 0 Å². The highest BCUT2D eigenvalue weighted by molar-refractivity contribution is 5.77. The fourth-order valence-corrected chi connectivity index (χ4v) is 1.78. The summed E-state index contributed by atoms with van der Waals surface area (Å²) in [5.74, 6) is -1.57. The Bertz CT molecular complexity index is 330. The van der Waals surface area contributed by atoms with Crippen molar-refractivity contribution >= 4 is 12.0 Å². The van der Waals surface area contributed by atoms with Crippen LogP contribution in [0.4, 0.5) is 4.79 Å². The second-order valence-corrected chi connectivity index (χ2v) is 5.33. The van der Waals surface area contributed by atoms with Crippen molar-refractivity contribution in [3.8, 4) is 0 Å². The van der Waals surface area contributed by atoms with Crippen molar-refractivity contribution in [1.29, 1.82) is 0 Å². The average molecular weight is 258 g/mol. The van der Waals surface area contributed by atoms with Crippen LogP contribution >= 0.6 is 0 Å². The molecule has 0 radical (unpaired) electrons. The van der Waals surface area contributed by atoms with Crippen LogP contribution in [0.2, 0.25) is 0 Å². The smallest absolute Gasteiger partial charge is 0.317 e. The Morgan fingerprint density at radius 2 is 2.06 bits per heavy atom. The molecular weight excluding hydrogens is 236 g/mol. The Hall–Kier alpha value is -1.30. The number of nitrogens with one attached hydrogen (secondary N) is 1. The molecule has 0 aliphatic carbocycles. The van der Waals surface area contributed by atoms with Crippen molar-refractivity contribution < 1.29 is 19.4 Å². The van der Waals surface area contributed by atoms with Gasteiger partial charge in [0.2, 0.25) is 0 Å². The minimum absolute atomic E-state index is 0.161. The van der Waals surface area contributed by atoms with E-state index in [2.05, 4.69) is 5.32 Å². The molecule has 1 rings (SSSR count). The van der Waals surface area contributed by atoms with Gasteiger partial charge in [-0.05, 0) is 20.3 Å². The lowest BCUT2D eigenvalue weighted by Crippen LogP contribution is -2.53. The summed E-state index contributed by atoms with van der Waals surface area (Å²) in [5.41, 5.74) is -0.302. The van der Waals surface area contributed by atoms with Crippen LogP contribution in [-0.2, 0) is 9.53 Å². The minimum atomic E-state index is -0.924. The monoisotopic (exact) mass is 258 g/mol. The number of ether oxygens (including phenoxy) is 1. The zero-order valence-corrected chi connectivity index (χ0v) is 11.4. The Balaban J connectivity index is 2.66. The van der Waals surface area contributed by atoms with E-state index in [0.717, 1.165) is 6.42 Å². The summed E-state index contributed by atoms with van der Waals surface area (Å²) < 4.78 is 5.16. The van der Waals surface area contributed by atoms with Crippen molar-refractivity contribution in [2.24, 2.45) is 5.92 Å². The average Bonchev–Trinajstić information content (AvgIpc) is 2.76.